The molecule has 5 nitrogen and oxygen atoms in total. The van der Waals surface area contributed by atoms with E-state index in [0.29, 0.717) is 23.6 Å². The first-order valence-corrected chi connectivity index (χ1v) is 6.22. The molecule has 2 atom stereocenters. The van der Waals surface area contributed by atoms with Crippen LogP contribution in [0.15, 0.2) is 42.6 Å². The van der Waals surface area contributed by atoms with Crippen LogP contribution in [0, 0.1) is 11.3 Å². The van der Waals surface area contributed by atoms with Gasteiger partial charge in [-0.2, -0.15) is 5.26 Å². The van der Waals surface area contributed by atoms with E-state index in [1.807, 2.05) is 0 Å². The smallest absolute Gasteiger partial charge is 0.268 e. The zero-order valence-corrected chi connectivity index (χ0v) is 10.6. The molecule has 5 heteroatoms. The number of hydrogen-bond donors (Lipinski definition) is 1. The molecule has 2 heterocycles. The van der Waals surface area contributed by atoms with Crippen molar-refractivity contribution in [3.63, 3.8) is 0 Å². The Kier molecular flexibility index (Phi) is 3.23. The Morgan fingerprint density at radius 2 is 2.25 bits per heavy atom. The van der Waals surface area contributed by atoms with Gasteiger partial charge in [-0.3, -0.25) is 0 Å². The number of hydrogen-bond acceptors (Lipinski definition) is 5. The molecule has 0 radical (unpaired) electrons. The van der Waals surface area contributed by atoms with E-state index in [-0.39, 0.29) is 0 Å². The maximum atomic E-state index is 10.1. The van der Waals surface area contributed by atoms with Gasteiger partial charge in [0, 0.05) is 18.7 Å². The number of pyridine rings is 1. The summed E-state index contributed by atoms with van der Waals surface area (Å²) < 4.78 is 11.2. The van der Waals surface area contributed by atoms with Gasteiger partial charge in [0.25, 0.3) is 6.29 Å². The van der Waals surface area contributed by atoms with Crippen molar-refractivity contribution in [2.24, 2.45) is 0 Å². The van der Waals surface area contributed by atoms with E-state index in [2.05, 4.69) is 11.1 Å². The first-order valence-electron chi connectivity index (χ1n) is 6.22. The van der Waals surface area contributed by atoms with Crippen molar-refractivity contribution in [1.29, 1.82) is 5.26 Å². The molecule has 0 saturated carbocycles. The highest BCUT2D eigenvalue weighted by Gasteiger charge is 2.30. The molecule has 1 aromatic heterocycles. The van der Waals surface area contributed by atoms with Crippen LogP contribution < -0.4 is 9.47 Å². The average Bonchev–Trinajstić information content (AvgIpc) is 2.48. The van der Waals surface area contributed by atoms with Crippen molar-refractivity contribution in [2.45, 2.75) is 18.8 Å². The predicted octanol–water partition coefficient (Wildman–Crippen LogP) is 1.65. The summed E-state index contributed by atoms with van der Waals surface area (Å²) in [4.78, 5) is 4.03. The molecule has 100 valence electrons. The lowest BCUT2D eigenvalue weighted by molar-refractivity contribution is -0.0972. The van der Waals surface area contributed by atoms with Crippen LogP contribution in [0.3, 0.4) is 0 Å². The number of aromatic nitrogens is 1. The van der Waals surface area contributed by atoms with Gasteiger partial charge in [0.15, 0.2) is 0 Å². The number of ether oxygens (including phenoxy) is 2. The predicted molar refractivity (Wildman–Crippen MR) is 70.1 cm³/mol. The zero-order valence-electron chi connectivity index (χ0n) is 10.6. The standard InChI is InChI=1S/C15H12N2O3/c16-9-10-4-5-13-11(7-10)8-12(18)15(19-13)20-14-3-1-2-6-17-14/h1-7,12,15,18H,8H2. The zero-order chi connectivity index (χ0) is 13.9. The number of rotatable bonds is 2. The second-order valence-corrected chi connectivity index (χ2v) is 4.48. The van der Waals surface area contributed by atoms with Gasteiger partial charge in [-0.15, -0.1) is 0 Å². The van der Waals surface area contributed by atoms with Crippen LogP contribution in [-0.2, 0) is 6.42 Å². The highest BCUT2D eigenvalue weighted by atomic mass is 16.7. The largest absolute Gasteiger partial charge is 0.452 e. The summed E-state index contributed by atoms with van der Waals surface area (Å²) in [7, 11) is 0. The van der Waals surface area contributed by atoms with Gasteiger partial charge in [-0.1, -0.05) is 6.07 Å². The second kappa shape index (κ2) is 5.19. The number of aliphatic hydroxyl groups excluding tert-OH is 1. The second-order valence-electron chi connectivity index (χ2n) is 4.48. The molecule has 0 spiro atoms. The van der Waals surface area contributed by atoms with Crippen LogP contribution in [0.25, 0.3) is 0 Å². The third-order valence-electron chi connectivity index (χ3n) is 3.05. The maximum absolute atomic E-state index is 10.1. The van der Waals surface area contributed by atoms with E-state index in [1.54, 1.807) is 42.6 Å². The highest BCUT2D eigenvalue weighted by Crippen LogP contribution is 2.29. The summed E-state index contributed by atoms with van der Waals surface area (Å²) in [6.07, 6.45) is 0.379. The van der Waals surface area contributed by atoms with E-state index < -0.39 is 12.4 Å². The molecule has 0 aliphatic carbocycles. The lowest BCUT2D eigenvalue weighted by Gasteiger charge is -2.30. The third-order valence-corrected chi connectivity index (χ3v) is 3.05. The first kappa shape index (κ1) is 12.5. The quantitative estimate of drug-likeness (QED) is 0.896. The Bertz CT molecular complexity index is 652. The van der Waals surface area contributed by atoms with Crippen molar-refractivity contribution in [3.8, 4) is 17.7 Å². The van der Waals surface area contributed by atoms with Crippen molar-refractivity contribution in [3.05, 3.63) is 53.7 Å². The molecule has 20 heavy (non-hydrogen) atoms. The molecule has 2 aromatic rings. The molecule has 1 N–H and O–H groups in total. The summed E-state index contributed by atoms with van der Waals surface area (Å²) in [5, 5.41) is 18.9. The molecule has 1 aliphatic rings. The van der Waals surface area contributed by atoms with Gasteiger partial charge in [-0.25, -0.2) is 4.98 Å². The average molecular weight is 268 g/mol. The fourth-order valence-electron chi connectivity index (χ4n) is 2.09. The highest BCUT2D eigenvalue weighted by molar-refractivity contribution is 5.43. The van der Waals surface area contributed by atoms with E-state index >= 15 is 0 Å². The van der Waals surface area contributed by atoms with Crippen LogP contribution in [-0.4, -0.2) is 22.5 Å². The molecule has 3 rings (SSSR count). The molecule has 0 bridgehead atoms. The van der Waals surface area contributed by atoms with Crippen molar-refractivity contribution >= 4 is 0 Å². The summed E-state index contributed by atoms with van der Waals surface area (Å²) in [6, 6.07) is 12.5. The monoisotopic (exact) mass is 268 g/mol. The molecular formula is C15H12N2O3. The summed E-state index contributed by atoms with van der Waals surface area (Å²) in [5.41, 5.74) is 1.35. The molecule has 1 aliphatic heterocycles. The number of nitrogens with zero attached hydrogens (tertiary/aromatic N) is 2. The Hall–Kier alpha value is -2.58. The molecule has 1 aromatic carbocycles. The van der Waals surface area contributed by atoms with Crippen LogP contribution in [0.1, 0.15) is 11.1 Å². The lowest BCUT2D eigenvalue weighted by atomic mass is 10.0. The van der Waals surface area contributed by atoms with Crippen LogP contribution in [0.2, 0.25) is 0 Å². The van der Waals surface area contributed by atoms with Gasteiger partial charge >= 0.3 is 0 Å². The fourth-order valence-corrected chi connectivity index (χ4v) is 2.09. The van der Waals surface area contributed by atoms with E-state index in [1.165, 1.54) is 0 Å². The van der Waals surface area contributed by atoms with Gasteiger partial charge in [0.05, 0.1) is 11.6 Å². The van der Waals surface area contributed by atoms with Crippen LogP contribution in [0.5, 0.6) is 11.6 Å². The van der Waals surface area contributed by atoms with Crippen molar-refractivity contribution < 1.29 is 14.6 Å². The molecule has 2 unspecified atom stereocenters. The van der Waals surface area contributed by atoms with Gasteiger partial charge in [0.2, 0.25) is 5.88 Å². The van der Waals surface area contributed by atoms with Crippen LogP contribution in [0.4, 0.5) is 0 Å². The number of fused-ring (bicyclic) bond motifs is 1. The third kappa shape index (κ3) is 2.42. The summed E-state index contributed by atoms with van der Waals surface area (Å²) >= 11 is 0. The molecule has 0 saturated heterocycles. The minimum atomic E-state index is -0.807. The lowest BCUT2D eigenvalue weighted by Crippen LogP contribution is -2.41. The Morgan fingerprint density at radius 3 is 3.00 bits per heavy atom. The normalized spacial score (nSPS) is 20.4. The van der Waals surface area contributed by atoms with Crippen molar-refractivity contribution in [1.82, 2.24) is 4.98 Å². The Morgan fingerprint density at radius 1 is 1.35 bits per heavy atom. The Labute approximate surface area is 116 Å². The number of nitriles is 1. The first-order chi connectivity index (χ1) is 9.76. The minimum Gasteiger partial charge on any atom is -0.452 e. The topological polar surface area (TPSA) is 75.4 Å². The summed E-state index contributed by atoms with van der Waals surface area (Å²) in [6.45, 7) is 0. The van der Waals surface area contributed by atoms with Gasteiger partial charge in [-0.05, 0) is 29.8 Å². The van der Waals surface area contributed by atoms with Crippen LogP contribution >= 0.6 is 0 Å². The molecule has 0 amide bonds. The van der Waals surface area contributed by atoms with E-state index in [0.717, 1.165) is 5.56 Å². The van der Waals surface area contributed by atoms with Crippen molar-refractivity contribution in [2.75, 3.05) is 0 Å². The maximum Gasteiger partial charge on any atom is 0.268 e. The SMILES string of the molecule is N#Cc1ccc2c(c1)CC(O)C(Oc1ccccn1)O2. The van der Waals surface area contributed by atoms with Gasteiger partial charge in [0.1, 0.15) is 11.9 Å². The molecular weight excluding hydrogens is 256 g/mol. The summed E-state index contributed by atoms with van der Waals surface area (Å²) in [5.74, 6) is 1.02. The Balaban J connectivity index is 1.81. The number of aliphatic hydroxyl groups is 1. The van der Waals surface area contributed by atoms with Gasteiger partial charge < -0.3 is 14.6 Å². The van der Waals surface area contributed by atoms with E-state index in [4.69, 9.17) is 14.7 Å². The minimum absolute atomic E-state index is 0.377. The fraction of sp³-hybridized carbons (Fsp3) is 0.200. The van der Waals surface area contributed by atoms with E-state index in [9.17, 15) is 5.11 Å². The molecule has 0 fully saturated rings. The number of benzene rings is 1.